The standard InChI is InChI=1S/C23H31NO4/c1-8-18-13-19(20(25)23(18,7)27-15(2)3)17-11-9-10-16(12-17)14-24-21(26)28-22(4,5)6/h9-13,25H,2,8,14H2,1,3-7H3,(H,24,26). The fraction of sp³-hybridized carbons (Fsp3) is 0.435. The van der Waals surface area contributed by atoms with E-state index in [1.165, 1.54) is 0 Å². The molecule has 1 aromatic rings. The Morgan fingerprint density at radius 1 is 1.32 bits per heavy atom. The lowest BCUT2D eigenvalue weighted by Gasteiger charge is -2.29. The zero-order valence-electron chi connectivity index (χ0n) is 17.7. The van der Waals surface area contributed by atoms with Gasteiger partial charge in [-0.3, -0.25) is 0 Å². The summed E-state index contributed by atoms with van der Waals surface area (Å²) >= 11 is 0. The van der Waals surface area contributed by atoms with Crippen LogP contribution in [0, 0.1) is 0 Å². The first-order chi connectivity index (χ1) is 13.0. The van der Waals surface area contributed by atoms with Crippen molar-refractivity contribution < 1.29 is 19.4 Å². The van der Waals surface area contributed by atoms with Crippen molar-refractivity contribution >= 4 is 11.7 Å². The van der Waals surface area contributed by atoms with Gasteiger partial charge in [-0.05, 0) is 69.9 Å². The number of benzene rings is 1. The van der Waals surface area contributed by atoms with Gasteiger partial charge in [0.15, 0.2) is 5.60 Å². The van der Waals surface area contributed by atoms with Crippen LogP contribution in [0.5, 0.6) is 0 Å². The van der Waals surface area contributed by atoms with Gasteiger partial charge in [-0.15, -0.1) is 0 Å². The third-order valence-corrected chi connectivity index (χ3v) is 4.47. The fourth-order valence-electron chi connectivity index (χ4n) is 3.25. The molecule has 152 valence electrons. The number of aliphatic hydroxyl groups excluding tert-OH is 1. The molecule has 0 saturated heterocycles. The van der Waals surface area contributed by atoms with E-state index in [0.717, 1.165) is 28.7 Å². The second-order valence-corrected chi connectivity index (χ2v) is 8.18. The predicted molar refractivity (Wildman–Crippen MR) is 112 cm³/mol. The molecule has 0 saturated carbocycles. The molecule has 28 heavy (non-hydrogen) atoms. The highest BCUT2D eigenvalue weighted by molar-refractivity contribution is 5.82. The molecule has 0 bridgehead atoms. The van der Waals surface area contributed by atoms with E-state index in [1.807, 2.05) is 65.0 Å². The summed E-state index contributed by atoms with van der Waals surface area (Å²) in [5.41, 5.74) is 2.04. The first-order valence-corrected chi connectivity index (χ1v) is 9.51. The second kappa shape index (κ2) is 8.13. The molecule has 5 heteroatoms. The lowest BCUT2D eigenvalue weighted by atomic mass is 9.95. The molecule has 2 rings (SSSR count). The van der Waals surface area contributed by atoms with Gasteiger partial charge in [-0.1, -0.05) is 31.7 Å². The molecule has 5 nitrogen and oxygen atoms in total. The van der Waals surface area contributed by atoms with E-state index in [0.29, 0.717) is 12.3 Å². The van der Waals surface area contributed by atoms with Gasteiger partial charge in [-0.25, -0.2) is 4.79 Å². The van der Waals surface area contributed by atoms with Crippen LogP contribution in [0.15, 0.2) is 54.0 Å². The van der Waals surface area contributed by atoms with Gasteiger partial charge in [0, 0.05) is 12.1 Å². The van der Waals surface area contributed by atoms with E-state index in [9.17, 15) is 9.90 Å². The number of nitrogens with one attached hydrogen (secondary N) is 1. The number of alkyl carbamates (subject to hydrolysis) is 1. The van der Waals surface area contributed by atoms with Crippen LogP contribution in [0.1, 0.15) is 59.1 Å². The van der Waals surface area contributed by atoms with Crippen molar-refractivity contribution in [3.63, 3.8) is 0 Å². The highest BCUT2D eigenvalue weighted by Gasteiger charge is 2.41. The highest BCUT2D eigenvalue weighted by Crippen LogP contribution is 2.43. The predicted octanol–water partition coefficient (Wildman–Crippen LogP) is 5.64. The lowest BCUT2D eigenvalue weighted by molar-refractivity contribution is 0.0495. The number of hydrogen-bond donors (Lipinski definition) is 2. The molecule has 1 unspecified atom stereocenters. The zero-order chi connectivity index (χ0) is 21.1. The average Bonchev–Trinajstić information content (AvgIpc) is 2.82. The summed E-state index contributed by atoms with van der Waals surface area (Å²) in [6.45, 7) is 15.3. The van der Waals surface area contributed by atoms with E-state index in [4.69, 9.17) is 9.47 Å². The maximum atomic E-state index is 11.9. The third-order valence-electron chi connectivity index (χ3n) is 4.47. The normalized spacial score (nSPS) is 19.3. The van der Waals surface area contributed by atoms with Crippen LogP contribution in [0.3, 0.4) is 0 Å². The average molecular weight is 386 g/mol. The highest BCUT2D eigenvalue weighted by atomic mass is 16.6. The van der Waals surface area contributed by atoms with E-state index in [-0.39, 0.29) is 5.76 Å². The third kappa shape index (κ3) is 4.97. The van der Waals surface area contributed by atoms with Crippen molar-refractivity contribution in [1.82, 2.24) is 5.32 Å². The molecule has 0 radical (unpaired) electrons. The number of hydrogen-bond acceptors (Lipinski definition) is 4. The zero-order valence-corrected chi connectivity index (χ0v) is 17.7. The first kappa shape index (κ1) is 21.6. The van der Waals surface area contributed by atoms with E-state index in [2.05, 4.69) is 11.9 Å². The molecule has 1 atom stereocenters. The quantitative estimate of drug-likeness (QED) is 0.622. The SMILES string of the molecule is C=C(C)OC1(C)C(CC)=CC(c2cccc(CNC(=O)OC(C)(C)C)c2)=C1O. The van der Waals surface area contributed by atoms with Gasteiger partial charge in [0.1, 0.15) is 11.4 Å². The summed E-state index contributed by atoms with van der Waals surface area (Å²) in [6, 6.07) is 7.69. The summed E-state index contributed by atoms with van der Waals surface area (Å²) in [5, 5.41) is 13.7. The fourth-order valence-corrected chi connectivity index (χ4v) is 3.25. The minimum Gasteiger partial charge on any atom is -0.507 e. The minimum atomic E-state index is -0.902. The summed E-state index contributed by atoms with van der Waals surface area (Å²) in [7, 11) is 0. The number of aliphatic hydroxyl groups is 1. The first-order valence-electron chi connectivity index (χ1n) is 9.51. The Bertz CT molecular complexity index is 829. The molecule has 1 amide bonds. The van der Waals surface area contributed by atoms with Crippen molar-refractivity contribution in [3.8, 4) is 0 Å². The Hall–Kier alpha value is -2.69. The maximum absolute atomic E-state index is 11.9. The van der Waals surface area contributed by atoms with Gasteiger partial charge in [0.2, 0.25) is 0 Å². The summed E-state index contributed by atoms with van der Waals surface area (Å²) in [6.07, 6.45) is 2.26. The van der Waals surface area contributed by atoms with Gasteiger partial charge in [0.25, 0.3) is 0 Å². The molecule has 0 aromatic heterocycles. The Morgan fingerprint density at radius 2 is 2.00 bits per heavy atom. The van der Waals surface area contributed by atoms with Crippen LogP contribution >= 0.6 is 0 Å². The number of carbonyl (C=O) groups is 1. The molecular formula is C23H31NO4. The number of ether oxygens (including phenoxy) is 2. The molecular weight excluding hydrogens is 354 g/mol. The summed E-state index contributed by atoms with van der Waals surface area (Å²) in [5.74, 6) is 0.717. The lowest BCUT2D eigenvalue weighted by Crippen LogP contribution is -2.32. The van der Waals surface area contributed by atoms with Crippen LogP contribution in [-0.4, -0.2) is 22.4 Å². The second-order valence-electron chi connectivity index (χ2n) is 8.18. The van der Waals surface area contributed by atoms with Gasteiger partial charge < -0.3 is 19.9 Å². The largest absolute Gasteiger partial charge is 0.507 e. The summed E-state index contributed by atoms with van der Waals surface area (Å²) in [4.78, 5) is 11.9. The minimum absolute atomic E-state index is 0.171. The van der Waals surface area contributed by atoms with E-state index >= 15 is 0 Å². The molecule has 1 aromatic carbocycles. The molecule has 0 fully saturated rings. The molecule has 2 N–H and O–H groups in total. The van der Waals surface area contributed by atoms with Crippen LogP contribution in [0.4, 0.5) is 4.79 Å². The van der Waals surface area contributed by atoms with Crippen molar-refractivity contribution in [3.05, 3.63) is 65.1 Å². The van der Waals surface area contributed by atoms with Crippen LogP contribution < -0.4 is 5.32 Å². The Balaban J connectivity index is 2.24. The van der Waals surface area contributed by atoms with E-state index in [1.54, 1.807) is 6.92 Å². The molecule has 0 heterocycles. The van der Waals surface area contributed by atoms with Gasteiger partial charge in [-0.2, -0.15) is 0 Å². The number of carbonyl (C=O) groups excluding carboxylic acids is 1. The molecule has 0 spiro atoms. The Labute approximate surface area is 167 Å². The van der Waals surface area contributed by atoms with Gasteiger partial charge in [0.05, 0.1) is 5.76 Å². The van der Waals surface area contributed by atoms with Crippen molar-refractivity contribution in [2.75, 3.05) is 0 Å². The maximum Gasteiger partial charge on any atom is 0.407 e. The number of allylic oxidation sites excluding steroid dienone is 3. The Morgan fingerprint density at radius 3 is 2.57 bits per heavy atom. The monoisotopic (exact) mass is 385 g/mol. The van der Waals surface area contributed by atoms with E-state index < -0.39 is 17.3 Å². The number of amides is 1. The van der Waals surface area contributed by atoms with Crippen molar-refractivity contribution in [2.24, 2.45) is 0 Å². The summed E-state index contributed by atoms with van der Waals surface area (Å²) < 4.78 is 11.1. The topological polar surface area (TPSA) is 67.8 Å². The number of rotatable bonds is 6. The van der Waals surface area contributed by atoms with Crippen LogP contribution in [-0.2, 0) is 16.0 Å². The van der Waals surface area contributed by atoms with Crippen LogP contribution in [0.2, 0.25) is 0 Å². The molecule has 0 aliphatic heterocycles. The van der Waals surface area contributed by atoms with Crippen LogP contribution in [0.25, 0.3) is 5.57 Å². The molecule has 1 aliphatic rings. The smallest absolute Gasteiger partial charge is 0.407 e. The Kier molecular flexibility index (Phi) is 6.27. The van der Waals surface area contributed by atoms with Crippen molar-refractivity contribution in [1.29, 1.82) is 0 Å². The van der Waals surface area contributed by atoms with Gasteiger partial charge >= 0.3 is 6.09 Å². The molecule has 1 aliphatic carbocycles. The van der Waals surface area contributed by atoms with Crippen molar-refractivity contribution in [2.45, 2.75) is 65.7 Å².